The third-order valence-electron chi connectivity index (χ3n) is 2.49. The summed E-state index contributed by atoms with van der Waals surface area (Å²) in [4.78, 5) is 32.6. The van der Waals surface area contributed by atoms with Crippen molar-refractivity contribution in [2.75, 3.05) is 0 Å². The summed E-state index contributed by atoms with van der Waals surface area (Å²) in [6.07, 6.45) is 0.690. The van der Waals surface area contributed by atoms with Crippen molar-refractivity contribution in [2.24, 2.45) is 0 Å². The number of carboxylic acid groups (broad SMARTS) is 1. The predicted molar refractivity (Wildman–Crippen MR) is 68.2 cm³/mol. The molecule has 0 aromatic heterocycles. The molecule has 19 heavy (non-hydrogen) atoms. The van der Waals surface area contributed by atoms with Crippen LogP contribution in [-0.4, -0.2) is 23.3 Å². The van der Waals surface area contributed by atoms with Crippen LogP contribution in [0.1, 0.15) is 28.8 Å². The number of carbonyl (C=O) groups is 3. The van der Waals surface area contributed by atoms with Crippen molar-refractivity contribution in [2.45, 2.75) is 19.8 Å². The normalized spacial score (nSPS) is 9.74. The average molecular weight is 262 g/mol. The predicted octanol–water partition coefficient (Wildman–Crippen LogP) is 2.13. The molecular weight excluding hydrogens is 248 g/mol. The Morgan fingerprint density at radius 2 is 2.05 bits per heavy atom. The summed E-state index contributed by atoms with van der Waals surface area (Å²) in [5, 5.41) is 8.60. The maximum absolute atomic E-state index is 11.5. The van der Waals surface area contributed by atoms with Crippen LogP contribution in [0.5, 0.6) is 5.75 Å². The average Bonchev–Trinajstić information content (AvgIpc) is 2.38. The van der Waals surface area contributed by atoms with E-state index in [0.717, 1.165) is 0 Å². The highest BCUT2D eigenvalue weighted by Crippen LogP contribution is 2.19. The second kappa shape index (κ2) is 6.49. The standard InChI is InChI=1S/C14H14O5/c1-9(14(17)18)3-6-13(16)19-12-5-4-11(8-15)7-10(12)2/h4-5,7-8H,1,3,6H2,2H3,(H,17,18). The first kappa shape index (κ1) is 14.6. The number of carboxylic acids is 1. The smallest absolute Gasteiger partial charge is 0.330 e. The summed E-state index contributed by atoms with van der Waals surface area (Å²) in [7, 11) is 0. The molecule has 0 aliphatic carbocycles. The number of ether oxygens (including phenoxy) is 1. The van der Waals surface area contributed by atoms with E-state index >= 15 is 0 Å². The first-order valence-corrected chi connectivity index (χ1v) is 5.61. The van der Waals surface area contributed by atoms with E-state index in [1.54, 1.807) is 19.1 Å². The number of hydrogen-bond donors (Lipinski definition) is 1. The molecule has 0 saturated carbocycles. The van der Waals surface area contributed by atoms with Crippen molar-refractivity contribution in [3.05, 3.63) is 41.5 Å². The molecule has 0 bridgehead atoms. The van der Waals surface area contributed by atoms with E-state index in [9.17, 15) is 14.4 Å². The highest BCUT2D eigenvalue weighted by molar-refractivity contribution is 5.86. The minimum atomic E-state index is -1.13. The Kier molecular flexibility index (Phi) is 5.00. The summed E-state index contributed by atoms with van der Waals surface area (Å²) in [5.41, 5.74) is 1.12. The van der Waals surface area contributed by atoms with Gasteiger partial charge in [-0.3, -0.25) is 9.59 Å². The molecule has 100 valence electrons. The summed E-state index contributed by atoms with van der Waals surface area (Å²) < 4.78 is 5.09. The van der Waals surface area contributed by atoms with Crippen LogP contribution >= 0.6 is 0 Å². The van der Waals surface area contributed by atoms with Gasteiger partial charge >= 0.3 is 11.9 Å². The molecular formula is C14H14O5. The van der Waals surface area contributed by atoms with Gasteiger partial charge in [0.2, 0.25) is 0 Å². The monoisotopic (exact) mass is 262 g/mol. The van der Waals surface area contributed by atoms with E-state index in [0.29, 0.717) is 23.2 Å². The van der Waals surface area contributed by atoms with Crippen LogP contribution in [0.2, 0.25) is 0 Å². The molecule has 0 aliphatic heterocycles. The molecule has 5 nitrogen and oxygen atoms in total. The topological polar surface area (TPSA) is 80.7 Å². The number of aliphatic carboxylic acids is 1. The second-order valence-electron chi connectivity index (χ2n) is 4.03. The number of esters is 1. The van der Waals surface area contributed by atoms with E-state index < -0.39 is 11.9 Å². The molecule has 5 heteroatoms. The van der Waals surface area contributed by atoms with Gasteiger partial charge in [-0.2, -0.15) is 0 Å². The Morgan fingerprint density at radius 1 is 1.37 bits per heavy atom. The molecule has 0 spiro atoms. The summed E-state index contributed by atoms with van der Waals surface area (Å²) >= 11 is 0. The van der Waals surface area contributed by atoms with Crippen LogP contribution < -0.4 is 4.74 Å². The van der Waals surface area contributed by atoms with E-state index in [1.807, 2.05) is 0 Å². The maximum Gasteiger partial charge on any atom is 0.330 e. The van der Waals surface area contributed by atoms with Crippen LogP contribution in [0.4, 0.5) is 0 Å². The fraction of sp³-hybridized carbons (Fsp3) is 0.214. The van der Waals surface area contributed by atoms with Gasteiger partial charge in [-0.05, 0) is 37.1 Å². The number of aryl methyl sites for hydroxylation is 1. The Morgan fingerprint density at radius 3 is 2.58 bits per heavy atom. The molecule has 0 radical (unpaired) electrons. The minimum Gasteiger partial charge on any atom is -0.478 e. The van der Waals surface area contributed by atoms with Gasteiger partial charge in [0.15, 0.2) is 0 Å². The lowest BCUT2D eigenvalue weighted by Crippen LogP contribution is -2.10. The largest absolute Gasteiger partial charge is 0.478 e. The zero-order valence-electron chi connectivity index (χ0n) is 10.5. The molecule has 0 fully saturated rings. The molecule has 0 atom stereocenters. The molecule has 1 N–H and O–H groups in total. The number of hydrogen-bond acceptors (Lipinski definition) is 4. The molecule has 0 amide bonds. The van der Waals surface area contributed by atoms with Crippen molar-refractivity contribution < 1.29 is 24.2 Å². The van der Waals surface area contributed by atoms with Gasteiger partial charge in [0.1, 0.15) is 12.0 Å². The second-order valence-corrected chi connectivity index (χ2v) is 4.03. The number of rotatable bonds is 6. The zero-order valence-corrected chi connectivity index (χ0v) is 10.5. The van der Waals surface area contributed by atoms with Crippen molar-refractivity contribution >= 4 is 18.2 Å². The van der Waals surface area contributed by atoms with Gasteiger partial charge in [0, 0.05) is 11.1 Å². The lowest BCUT2D eigenvalue weighted by Gasteiger charge is -2.07. The summed E-state index contributed by atoms with van der Waals surface area (Å²) in [6.45, 7) is 5.04. The molecule has 0 unspecified atom stereocenters. The number of carbonyl (C=O) groups excluding carboxylic acids is 2. The van der Waals surface area contributed by atoms with E-state index in [-0.39, 0.29) is 18.4 Å². The fourth-order valence-electron chi connectivity index (χ4n) is 1.39. The highest BCUT2D eigenvalue weighted by atomic mass is 16.5. The van der Waals surface area contributed by atoms with Gasteiger partial charge in [-0.15, -0.1) is 0 Å². The first-order valence-electron chi connectivity index (χ1n) is 5.61. The third kappa shape index (κ3) is 4.39. The number of benzene rings is 1. The Bertz CT molecular complexity index is 531. The molecule has 1 aromatic rings. The quantitative estimate of drug-likeness (QED) is 0.367. The SMILES string of the molecule is C=C(CCC(=O)Oc1ccc(C=O)cc1C)C(=O)O. The summed E-state index contributed by atoms with van der Waals surface area (Å²) in [5.74, 6) is -1.31. The molecule has 0 aliphatic rings. The van der Waals surface area contributed by atoms with Crippen molar-refractivity contribution in [3.63, 3.8) is 0 Å². The first-order chi connectivity index (χ1) is 8.93. The Labute approximate surface area is 110 Å². The highest BCUT2D eigenvalue weighted by Gasteiger charge is 2.11. The van der Waals surface area contributed by atoms with E-state index in [4.69, 9.17) is 9.84 Å². The molecule has 0 heterocycles. The van der Waals surface area contributed by atoms with Crippen LogP contribution in [0.3, 0.4) is 0 Å². The Balaban J connectivity index is 2.60. The van der Waals surface area contributed by atoms with E-state index in [2.05, 4.69) is 6.58 Å². The number of aldehydes is 1. The maximum atomic E-state index is 11.5. The fourth-order valence-corrected chi connectivity index (χ4v) is 1.39. The van der Waals surface area contributed by atoms with Crippen molar-refractivity contribution in [1.82, 2.24) is 0 Å². The van der Waals surface area contributed by atoms with Gasteiger partial charge < -0.3 is 9.84 Å². The van der Waals surface area contributed by atoms with Crippen molar-refractivity contribution in [3.8, 4) is 5.75 Å². The van der Waals surface area contributed by atoms with Gasteiger partial charge in [0.05, 0.1) is 6.42 Å². The van der Waals surface area contributed by atoms with Crippen LogP contribution in [0, 0.1) is 6.92 Å². The van der Waals surface area contributed by atoms with Crippen LogP contribution in [-0.2, 0) is 9.59 Å². The van der Waals surface area contributed by atoms with Gasteiger partial charge in [-0.1, -0.05) is 6.58 Å². The summed E-state index contributed by atoms with van der Waals surface area (Å²) in [6, 6.07) is 4.67. The molecule has 1 aromatic carbocycles. The molecule has 0 saturated heterocycles. The zero-order chi connectivity index (χ0) is 14.4. The third-order valence-corrected chi connectivity index (χ3v) is 2.49. The molecule has 1 rings (SSSR count). The van der Waals surface area contributed by atoms with Gasteiger partial charge in [-0.25, -0.2) is 4.79 Å². The van der Waals surface area contributed by atoms with E-state index in [1.165, 1.54) is 6.07 Å². The lowest BCUT2D eigenvalue weighted by atomic mass is 10.1. The lowest BCUT2D eigenvalue weighted by molar-refractivity contribution is -0.134. The van der Waals surface area contributed by atoms with Crippen LogP contribution in [0.15, 0.2) is 30.4 Å². The van der Waals surface area contributed by atoms with Gasteiger partial charge in [0.25, 0.3) is 0 Å². The van der Waals surface area contributed by atoms with Crippen molar-refractivity contribution in [1.29, 1.82) is 0 Å². The Hall–Kier alpha value is -2.43. The van der Waals surface area contributed by atoms with Crippen LogP contribution in [0.25, 0.3) is 0 Å². The minimum absolute atomic E-state index is 0.0371.